The fourth-order valence-electron chi connectivity index (χ4n) is 2.87. The Bertz CT molecular complexity index is 464. The van der Waals surface area contributed by atoms with Crippen molar-refractivity contribution in [3.8, 4) is 0 Å². The number of nitrogens with zero attached hydrogens (tertiary/aromatic N) is 2. The summed E-state index contributed by atoms with van der Waals surface area (Å²) in [6.45, 7) is 2.80. The number of aliphatic hydroxyl groups is 1. The van der Waals surface area contributed by atoms with Crippen molar-refractivity contribution in [2.45, 2.75) is 32.3 Å². The Kier molecular flexibility index (Phi) is 4.68. The Labute approximate surface area is 119 Å². The molecule has 0 amide bonds. The molecule has 0 aromatic heterocycles. The van der Waals surface area contributed by atoms with Crippen LogP contribution < -0.4 is 0 Å². The molecule has 2 rings (SSSR count). The van der Waals surface area contributed by atoms with E-state index in [0.717, 1.165) is 0 Å². The van der Waals surface area contributed by atoms with Gasteiger partial charge in [-0.15, -0.1) is 0 Å². The molecule has 7 nitrogen and oxygen atoms in total. The smallest absolute Gasteiger partial charge is 0.307 e. The molecule has 0 radical (unpaired) electrons. The lowest BCUT2D eigenvalue weighted by Gasteiger charge is -2.32. The molecule has 2 N–H and O–H groups in total. The molecule has 2 saturated heterocycles. The van der Waals surface area contributed by atoms with E-state index in [4.69, 9.17) is 5.11 Å². The molecule has 0 aromatic carbocycles. The van der Waals surface area contributed by atoms with Crippen molar-refractivity contribution >= 4 is 16.2 Å². The van der Waals surface area contributed by atoms with Crippen molar-refractivity contribution in [1.29, 1.82) is 0 Å². The van der Waals surface area contributed by atoms with Crippen molar-refractivity contribution in [2.75, 3.05) is 26.2 Å². The normalized spacial score (nSPS) is 31.3. The van der Waals surface area contributed by atoms with Crippen molar-refractivity contribution in [1.82, 2.24) is 8.61 Å². The van der Waals surface area contributed by atoms with Crippen LogP contribution in [0.2, 0.25) is 0 Å². The fourth-order valence-corrected chi connectivity index (χ4v) is 4.64. The Morgan fingerprint density at radius 3 is 2.40 bits per heavy atom. The predicted octanol–water partition coefficient (Wildman–Crippen LogP) is -0.269. The van der Waals surface area contributed by atoms with Gasteiger partial charge in [-0.1, -0.05) is 0 Å². The number of carbonyl (C=O) groups is 1. The third kappa shape index (κ3) is 3.13. The van der Waals surface area contributed by atoms with Crippen LogP contribution in [0.3, 0.4) is 0 Å². The number of carboxylic acids is 1. The minimum atomic E-state index is -3.60. The summed E-state index contributed by atoms with van der Waals surface area (Å²) in [4.78, 5) is 11.0. The van der Waals surface area contributed by atoms with Crippen molar-refractivity contribution in [2.24, 2.45) is 11.8 Å². The number of rotatable bonds is 4. The molecular formula is C12H22N2O5S. The van der Waals surface area contributed by atoms with Gasteiger partial charge in [-0.25, -0.2) is 0 Å². The molecular weight excluding hydrogens is 284 g/mol. The number of piperidine rings is 1. The van der Waals surface area contributed by atoms with Crippen LogP contribution >= 0.6 is 0 Å². The largest absolute Gasteiger partial charge is 0.481 e. The van der Waals surface area contributed by atoms with Gasteiger partial charge in [-0.05, 0) is 32.1 Å². The topological polar surface area (TPSA) is 98.2 Å². The zero-order valence-electron chi connectivity index (χ0n) is 11.6. The van der Waals surface area contributed by atoms with E-state index < -0.39 is 28.2 Å². The Balaban J connectivity index is 2.05. The standard InChI is InChI=1S/C12H22N2O5S/c1-9(15)10-4-6-14(7-10)20(18,19)13-5-2-3-11(8-13)12(16)17/h9-11,15H,2-8H2,1H3,(H,16,17). The summed E-state index contributed by atoms with van der Waals surface area (Å²) >= 11 is 0. The molecule has 0 saturated carbocycles. The van der Waals surface area contributed by atoms with Gasteiger partial charge in [0.2, 0.25) is 0 Å². The van der Waals surface area contributed by atoms with Gasteiger partial charge in [-0.2, -0.15) is 17.0 Å². The number of aliphatic carboxylic acids is 1. The van der Waals surface area contributed by atoms with Gasteiger partial charge in [0, 0.05) is 26.2 Å². The lowest BCUT2D eigenvalue weighted by atomic mass is 10.0. The van der Waals surface area contributed by atoms with Gasteiger partial charge in [0.25, 0.3) is 10.2 Å². The van der Waals surface area contributed by atoms with Crippen LogP contribution in [0.5, 0.6) is 0 Å². The van der Waals surface area contributed by atoms with E-state index in [1.54, 1.807) is 6.92 Å². The highest BCUT2D eigenvalue weighted by Crippen LogP contribution is 2.27. The zero-order chi connectivity index (χ0) is 14.9. The SMILES string of the molecule is CC(O)C1CCN(S(=O)(=O)N2CCCC(C(=O)O)C2)C1. The Morgan fingerprint density at radius 2 is 1.85 bits per heavy atom. The average molecular weight is 306 g/mol. The van der Waals surface area contributed by atoms with Crippen LogP contribution in [-0.4, -0.2) is 65.5 Å². The minimum Gasteiger partial charge on any atom is -0.481 e. The minimum absolute atomic E-state index is 0.0372. The summed E-state index contributed by atoms with van der Waals surface area (Å²) in [5.41, 5.74) is 0. The second-order valence-corrected chi connectivity index (χ2v) is 7.62. The van der Waals surface area contributed by atoms with E-state index in [1.807, 2.05) is 0 Å². The maximum Gasteiger partial charge on any atom is 0.307 e. The lowest BCUT2D eigenvalue weighted by molar-refractivity contribution is -0.142. The molecule has 3 unspecified atom stereocenters. The van der Waals surface area contributed by atoms with Crippen molar-refractivity contribution in [3.63, 3.8) is 0 Å². The molecule has 2 fully saturated rings. The second kappa shape index (κ2) is 5.97. The summed E-state index contributed by atoms with van der Waals surface area (Å²) in [6, 6.07) is 0. The quantitative estimate of drug-likeness (QED) is 0.745. The molecule has 2 heterocycles. The highest BCUT2D eigenvalue weighted by Gasteiger charge is 2.39. The molecule has 8 heteroatoms. The molecule has 0 spiro atoms. The van der Waals surface area contributed by atoms with Crippen LogP contribution in [0, 0.1) is 11.8 Å². The van der Waals surface area contributed by atoms with Gasteiger partial charge in [0.1, 0.15) is 0 Å². The fraction of sp³-hybridized carbons (Fsp3) is 0.917. The summed E-state index contributed by atoms with van der Waals surface area (Å²) in [5, 5.41) is 18.6. The zero-order valence-corrected chi connectivity index (χ0v) is 12.4. The monoisotopic (exact) mass is 306 g/mol. The molecule has 116 valence electrons. The van der Waals surface area contributed by atoms with E-state index in [9.17, 15) is 18.3 Å². The summed E-state index contributed by atoms with van der Waals surface area (Å²) in [7, 11) is -3.60. The highest BCUT2D eigenvalue weighted by atomic mass is 32.2. The Hall–Kier alpha value is -0.700. The molecule has 2 aliphatic rings. The first-order chi connectivity index (χ1) is 9.32. The predicted molar refractivity (Wildman–Crippen MR) is 72.2 cm³/mol. The van der Waals surface area contributed by atoms with Gasteiger partial charge in [0.15, 0.2) is 0 Å². The van der Waals surface area contributed by atoms with Crippen LogP contribution in [0.4, 0.5) is 0 Å². The molecule has 2 aliphatic heterocycles. The second-order valence-electron chi connectivity index (χ2n) is 5.69. The third-order valence-electron chi connectivity index (χ3n) is 4.26. The molecule has 0 aliphatic carbocycles. The van der Waals surface area contributed by atoms with Gasteiger partial charge < -0.3 is 10.2 Å². The van der Waals surface area contributed by atoms with Crippen LogP contribution in [0.1, 0.15) is 26.2 Å². The maximum absolute atomic E-state index is 12.5. The molecule has 3 atom stereocenters. The number of hydrogen-bond acceptors (Lipinski definition) is 4. The summed E-state index contributed by atoms with van der Waals surface area (Å²) in [6.07, 6.45) is 1.22. The van der Waals surface area contributed by atoms with E-state index in [2.05, 4.69) is 0 Å². The van der Waals surface area contributed by atoms with Crippen LogP contribution in [0.15, 0.2) is 0 Å². The van der Waals surface area contributed by atoms with E-state index in [1.165, 1.54) is 8.61 Å². The molecule has 0 aromatic rings. The highest BCUT2D eigenvalue weighted by molar-refractivity contribution is 7.86. The summed E-state index contributed by atoms with van der Waals surface area (Å²) < 4.78 is 27.7. The van der Waals surface area contributed by atoms with Crippen LogP contribution in [0.25, 0.3) is 0 Å². The van der Waals surface area contributed by atoms with Gasteiger partial charge in [-0.3, -0.25) is 4.79 Å². The summed E-state index contributed by atoms with van der Waals surface area (Å²) in [5.74, 6) is -1.59. The first-order valence-corrected chi connectivity index (χ1v) is 8.38. The van der Waals surface area contributed by atoms with Gasteiger partial charge in [0.05, 0.1) is 12.0 Å². The van der Waals surface area contributed by atoms with E-state index in [0.29, 0.717) is 38.9 Å². The molecule has 20 heavy (non-hydrogen) atoms. The van der Waals surface area contributed by atoms with Crippen molar-refractivity contribution in [3.05, 3.63) is 0 Å². The third-order valence-corrected chi connectivity index (χ3v) is 6.22. The number of hydrogen-bond donors (Lipinski definition) is 2. The first-order valence-electron chi connectivity index (χ1n) is 6.98. The van der Waals surface area contributed by atoms with E-state index in [-0.39, 0.29) is 12.5 Å². The molecule has 0 bridgehead atoms. The van der Waals surface area contributed by atoms with Crippen LogP contribution in [-0.2, 0) is 15.0 Å². The van der Waals surface area contributed by atoms with Gasteiger partial charge >= 0.3 is 5.97 Å². The average Bonchev–Trinajstić information content (AvgIpc) is 2.89. The van der Waals surface area contributed by atoms with Crippen molar-refractivity contribution < 1.29 is 23.4 Å². The first kappa shape index (κ1) is 15.7. The maximum atomic E-state index is 12.5. The lowest BCUT2D eigenvalue weighted by Crippen LogP contribution is -2.48. The Morgan fingerprint density at radius 1 is 1.20 bits per heavy atom. The van der Waals surface area contributed by atoms with E-state index >= 15 is 0 Å². The number of carboxylic acid groups (broad SMARTS) is 1. The number of aliphatic hydroxyl groups excluding tert-OH is 1.